The molecule has 21 heavy (non-hydrogen) atoms. The van der Waals surface area contributed by atoms with Gasteiger partial charge in [-0.1, -0.05) is 6.92 Å². The molecule has 1 aromatic heterocycles. The van der Waals surface area contributed by atoms with E-state index in [2.05, 4.69) is 15.4 Å². The SMILES string of the molecule is CCNCc1cc(F)c(OCc2ncnn2CC)c(F)c1. The zero-order valence-electron chi connectivity index (χ0n) is 12.1. The molecule has 5 nitrogen and oxygen atoms in total. The van der Waals surface area contributed by atoms with Gasteiger partial charge < -0.3 is 10.1 Å². The largest absolute Gasteiger partial charge is 0.479 e. The van der Waals surface area contributed by atoms with Gasteiger partial charge in [0.25, 0.3) is 0 Å². The van der Waals surface area contributed by atoms with Crippen molar-refractivity contribution in [3.8, 4) is 5.75 Å². The number of hydrogen-bond acceptors (Lipinski definition) is 4. The summed E-state index contributed by atoms with van der Waals surface area (Å²) in [5.41, 5.74) is 0.538. The molecule has 1 heterocycles. The molecule has 0 atom stereocenters. The summed E-state index contributed by atoms with van der Waals surface area (Å²) in [7, 11) is 0. The molecule has 2 aromatic rings. The van der Waals surface area contributed by atoms with Crippen LogP contribution in [0.15, 0.2) is 18.5 Å². The number of ether oxygens (including phenoxy) is 1. The Morgan fingerprint density at radius 3 is 2.57 bits per heavy atom. The summed E-state index contributed by atoms with van der Waals surface area (Å²) in [6.45, 7) is 5.55. The predicted octanol–water partition coefficient (Wildman–Crippen LogP) is 2.26. The lowest BCUT2D eigenvalue weighted by Gasteiger charge is -2.10. The van der Waals surface area contributed by atoms with E-state index >= 15 is 0 Å². The summed E-state index contributed by atoms with van der Waals surface area (Å²) in [4.78, 5) is 3.99. The number of aryl methyl sites for hydroxylation is 1. The van der Waals surface area contributed by atoms with Crippen LogP contribution in [0.1, 0.15) is 25.2 Å². The van der Waals surface area contributed by atoms with E-state index in [4.69, 9.17) is 4.74 Å². The van der Waals surface area contributed by atoms with Crippen molar-refractivity contribution in [2.75, 3.05) is 6.54 Å². The zero-order chi connectivity index (χ0) is 15.2. The molecule has 0 amide bonds. The van der Waals surface area contributed by atoms with Crippen molar-refractivity contribution in [1.29, 1.82) is 0 Å². The van der Waals surface area contributed by atoms with Crippen molar-refractivity contribution in [3.63, 3.8) is 0 Å². The standard InChI is InChI=1S/C14H18F2N4O/c1-3-17-7-10-5-11(15)14(12(16)6-10)21-8-13-18-9-19-20(13)4-2/h5-6,9,17H,3-4,7-8H2,1-2H3. The van der Waals surface area contributed by atoms with Crippen LogP contribution in [0.25, 0.3) is 0 Å². The van der Waals surface area contributed by atoms with E-state index in [-0.39, 0.29) is 12.4 Å². The van der Waals surface area contributed by atoms with Crippen molar-refractivity contribution < 1.29 is 13.5 Å². The number of halogens is 2. The molecule has 7 heteroatoms. The quantitative estimate of drug-likeness (QED) is 0.851. The summed E-state index contributed by atoms with van der Waals surface area (Å²) in [5.74, 6) is -1.30. The van der Waals surface area contributed by atoms with Gasteiger partial charge in [-0.05, 0) is 31.2 Å². The zero-order valence-corrected chi connectivity index (χ0v) is 12.1. The second-order valence-electron chi connectivity index (χ2n) is 4.45. The van der Waals surface area contributed by atoms with E-state index in [1.165, 1.54) is 18.5 Å². The summed E-state index contributed by atoms with van der Waals surface area (Å²) in [5, 5.41) is 6.98. The van der Waals surface area contributed by atoms with Crippen LogP contribution in [0.2, 0.25) is 0 Å². The van der Waals surface area contributed by atoms with Gasteiger partial charge in [-0.15, -0.1) is 0 Å². The van der Waals surface area contributed by atoms with Gasteiger partial charge in [0.1, 0.15) is 12.9 Å². The van der Waals surface area contributed by atoms with Gasteiger partial charge in [-0.3, -0.25) is 0 Å². The van der Waals surface area contributed by atoms with Crippen LogP contribution >= 0.6 is 0 Å². The van der Waals surface area contributed by atoms with Crippen LogP contribution in [0, 0.1) is 11.6 Å². The molecule has 0 spiro atoms. The highest BCUT2D eigenvalue weighted by atomic mass is 19.1. The minimum Gasteiger partial charge on any atom is -0.479 e. The molecule has 114 valence electrons. The maximum absolute atomic E-state index is 13.9. The van der Waals surface area contributed by atoms with Crippen LogP contribution < -0.4 is 10.1 Å². The highest BCUT2D eigenvalue weighted by Crippen LogP contribution is 2.24. The van der Waals surface area contributed by atoms with Gasteiger partial charge in [0.15, 0.2) is 23.2 Å². The van der Waals surface area contributed by atoms with E-state index in [1.54, 1.807) is 4.68 Å². The first-order chi connectivity index (χ1) is 10.2. The molecule has 0 saturated heterocycles. The van der Waals surface area contributed by atoms with Crippen molar-refractivity contribution in [3.05, 3.63) is 41.5 Å². The Morgan fingerprint density at radius 1 is 1.24 bits per heavy atom. The van der Waals surface area contributed by atoms with Gasteiger partial charge in [-0.25, -0.2) is 18.4 Å². The fraction of sp³-hybridized carbons (Fsp3) is 0.429. The highest BCUT2D eigenvalue weighted by molar-refractivity contribution is 5.31. The Kier molecular flexibility index (Phi) is 5.21. The van der Waals surface area contributed by atoms with E-state index in [9.17, 15) is 8.78 Å². The smallest absolute Gasteiger partial charge is 0.191 e. The third-order valence-corrected chi connectivity index (χ3v) is 2.98. The lowest BCUT2D eigenvalue weighted by atomic mass is 10.2. The Labute approximate surface area is 121 Å². The maximum Gasteiger partial charge on any atom is 0.191 e. The number of hydrogen-bond donors (Lipinski definition) is 1. The predicted molar refractivity (Wildman–Crippen MR) is 73.8 cm³/mol. The van der Waals surface area contributed by atoms with Crippen LogP contribution in [-0.4, -0.2) is 21.3 Å². The van der Waals surface area contributed by atoms with Crippen molar-refractivity contribution in [2.45, 2.75) is 33.5 Å². The van der Waals surface area contributed by atoms with E-state index in [1.807, 2.05) is 13.8 Å². The molecule has 1 aromatic carbocycles. The summed E-state index contributed by atoms with van der Waals surface area (Å²) in [6.07, 6.45) is 1.38. The fourth-order valence-corrected chi connectivity index (χ4v) is 1.92. The lowest BCUT2D eigenvalue weighted by molar-refractivity contribution is 0.259. The third kappa shape index (κ3) is 3.75. The highest BCUT2D eigenvalue weighted by Gasteiger charge is 2.14. The van der Waals surface area contributed by atoms with Gasteiger partial charge in [0.05, 0.1) is 0 Å². The Morgan fingerprint density at radius 2 is 1.95 bits per heavy atom. The molecule has 0 unspecified atom stereocenters. The summed E-state index contributed by atoms with van der Waals surface area (Å²) >= 11 is 0. The number of aromatic nitrogens is 3. The number of nitrogens with zero attached hydrogens (tertiary/aromatic N) is 3. The fourth-order valence-electron chi connectivity index (χ4n) is 1.92. The summed E-state index contributed by atoms with van der Waals surface area (Å²) < 4.78 is 34.7. The topological polar surface area (TPSA) is 52.0 Å². The third-order valence-electron chi connectivity index (χ3n) is 2.98. The van der Waals surface area contributed by atoms with Gasteiger partial charge in [0, 0.05) is 13.1 Å². The van der Waals surface area contributed by atoms with Gasteiger partial charge in [-0.2, -0.15) is 5.10 Å². The van der Waals surface area contributed by atoms with Crippen molar-refractivity contribution >= 4 is 0 Å². The molecule has 1 N–H and O–H groups in total. The molecular formula is C14H18F2N4O. The molecule has 2 rings (SSSR count). The molecule has 0 aliphatic heterocycles. The number of benzene rings is 1. The minimum absolute atomic E-state index is 0.0335. The molecule has 0 radical (unpaired) electrons. The monoisotopic (exact) mass is 296 g/mol. The average Bonchev–Trinajstić information content (AvgIpc) is 2.91. The minimum atomic E-state index is -0.717. The second kappa shape index (κ2) is 7.12. The van der Waals surface area contributed by atoms with E-state index in [0.29, 0.717) is 24.5 Å². The molecule has 0 aliphatic carbocycles. The van der Waals surface area contributed by atoms with Crippen molar-refractivity contribution in [2.24, 2.45) is 0 Å². The molecular weight excluding hydrogens is 278 g/mol. The normalized spacial score (nSPS) is 10.9. The Hall–Kier alpha value is -2.02. The van der Waals surface area contributed by atoms with Gasteiger partial charge >= 0.3 is 0 Å². The Balaban J connectivity index is 2.09. The first kappa shape index (κ1) is 15.4. The van der Waals surface area contributed by atoms with Crippen molar-refractivity contribution in [1.82, 2.24) is 20.1 Å². The number of rotatable bonds is 7. The van der Waals surface area contributed by atoms with E-state index in [0.717, 1.165) is 6.54 Å². The first-order valence-corrected chi connectivity index (χ1v) is 6.83. The van der Waals surface area contributed by atoms with Crippen LogP contribution in [-0.2, 0) is 19.7 Å². The second-order valence-corrected chi connectivity index (χ2v) is 4.45. The molecule has 0 aliphatic rings. The maximum atomic E-state index is 13.9. The Bertz CT molecular complexity index is 577. The summed E-state index contributed by atoms with van der Waals surface area (Å²) in [6, 6.07) is 2.54. The molecule has 0 fully saturated rings. The van der Waals surface area contributed by atoms with E-state index < -0.39 is 11.6 Å². The average molecular weight is 296 g/mol. The van der Waals surface area contributed by atoms with Crippen LogP contribution in [0.5, 0.6) is 5.75 Å². The first-order valence-electron chi connectivity index (χ1n) is 6.83. The van der Waals surface area contributed by atoms with Crippen LogP contribution in [0.3, 0.4) is 0 Å². The molecule has 0 bridgehead atoms. The lowest BCUT2D eigenvalue weighted by Crippen LogP contribution is -2.13. The van der Waals surface area contributed by atoms with Gasteiger partial charge in [0.2, 0.25) is 0 Å². The molecule has 0 saturated carbocycles. The van der Waals surface area contributed by atoms with Crippen LogP contribution in [0.4, 0.5) is 8.78 Å². The number of nitrogens with one attached hydrogen (secondary N) is 1.